The van der Waals surface area contributed by atoms with Gasteiger partial charge in [0.25, 0.3) is 5.91 Å². The van der Waals surface area contributed by atoms with Crippen LogP contribution in [0, 0.1) is 5.92 Å². The minimum Gasteiger partial charge on any atom is -0.397 e. The first-order valence-electron chi connectivity index (χ1n) is 8.24. The van der Waals surface area contributed by atoms with Crippen LogP contribution in [0.1, 0.15) is 30.1 Å². The molecule has 3 N–H and O–H groups in total. The second-order valence-electron chi connectivity index (χ2n) is 6.40. The molecule has 1 fully saturated rings. The Morgan fingerprint density at radius 2 is 1.83 bits per heavy atom. The summed E-state index contributed by atoms with van der Waals surface area (Å²) in [5.74, 6) is 0.603. The molecule has 0 spiro atoms. The molecule has 2 aromatic rings. The third kappa shape index (κ3) is 3.82. The molecule has 1 amide bonds. The van der Waals surface area contributed by atoms with Gasteiger partial charge in [-0.25, -0.2) is 0 Å². The van der Waals surface area contributed by atoms with Crippen LogP contribution < -0.4 is 16.0 Å². The number of carbonyl (C=O) groups excluding carboxylic acids is 1. The fourth-order valence-corrected chi connectivity index (χ4v) is 3.10. The lowest BCUT2D eigenvalue weighted by Gasteiger charge is -2.33. The van der Waals surface area contributed by atoms with Crippen molar-refractivity contribution in [2.24, 2.45) is 5.92 Å². The molecule has 4 nitrogen and oxygen atoms in total. The maximum atomic E-state index is 12.3. The number of benzene rings is 2. The summed E-state index contributed by atoms with van der Waals surface area (Å²) in [6.45, 7) is 4.35. The molecule has 1 aliphatic rings. The van der Waals surface area contributed by atoms with E-state index in [0.29, 0.717) is 22.0 Å². The summed E-state index contributed by atoms with van der Waals surface area (Å²) >= 11 is 5.84. The van der Waals surface area contributed by atoms with Crippen LogP contribution in [0.25, 0.3) is 0 Å². The Hall–Kier alpha value is -2.20. The van der Waals surface area contributed by atoms with Crippen LogP contribution in [0.2, 0.25) is 5.02 Å². The van der Waals surface area contributed by atoms with E-state index in [1.807, 2.05) is 18.2 Å². The Kier molecular flexibility index (Phi) is 4.95. The van der Waals surface area contributed by atoms with Crippen LogP contribution in [0.4, 0.5) is 17.1 Å². The van der Waals surface area contributed by atoms with Crippen molar-refractivity contribution in [3.63, 3.8) is 0 Å². The van der Waals surface area contributed by atoms with E-state index in [1.165, 1.54) is 12.8 Å². The zero-order valence-electron chi connectivity index (χ0n) is 13.8. The van der Waals surface area contributed by atoms with Gasteiger partial charge in [0.15, 0.2) is 0 Å². The molecule has 5 heteroatoms. The standard InChI is InChI=1S/C19H22ClN3O/c1-13-8-10-23(11-9-13)18-7-6-16(12-17(18)21)22-19(24)14-2-4-15(20)5-3-14/h2-7,12-13H,8-11,21H2,1H3,(H,22,24). The van der Waals surface area contributed by atoms with Crippen LogP contribution >= 0.6 is 11.6 Å². The molecule has 126 valence electrons. The van der Waals surface area contributed by atoms with Crippen molar-refractivity contribution in [1.82, 2.24) is 0 Å². The third-order valence-electron chi connectivity index (χ3n) is 4.52. The molecule has 1 heterocycles. The predicted octanol–water partition coefficient (Wildman–Crippen LogP) is 4.41. The molecule has 2 aromatic carbocycles. The zero-order chi connectivity index (χ0) is 17.1. The number of hydrogen-bond acceptors (Lipinski definition) is 3. The highest BCUT2D eigenvalue weighted by Crippen LogP contribution is 2.30. The van der Waals surface area contributed by atoms with Crippen molar-refractivity contribution >= 4 is 34.6 Å². The highest BCUT2D eigenvalue weighted by molar-refractivity contribution is 6.30. The van der Waals surface area contributed by atoms with E-state index in [1.54, 1.807) is 24.3 Å². The number of anilines is 3. The Labute approximate surface area is 147 Å². The minimum atomic E-state index is -0.175. The molecule has 0 bridgehead atoms. The lowest BCUT2D eigenvalue weighted by Crippen LogP contribution is -2.33. The van der Waals surface area contributed by atoms with E-state index < -0.39 is 0 Å². The van der Waals surface area contributed by atoms with E-state index >= 15 is 0 Å². The van der Waals surface area contributed by atoms with Gasteiger partial charge >= 0.3 is 0 Å². The quantitative estimate of drug-likeness (QED) is 0.811. The molecule has 0 radical (unpaired) electrons. The molecular weight excluding hydrogens is 322 g/mol. The van der Waals surface area contributed by atoms with E-state index in [4.69, 9.17) is 17.3 Å². The molecule has 3 rings (SSSR count). The molecule has 1 saturated heterocycles. The maximum absolute atomic E-state index is 12.3. The van der Waals surface area contributed by atoms with E-state index in [-0.39, 0.29) is 5.91 Å². The summed E-state index contributed by atoms with van der Waals surface area (Å²) in [5, 5.41) is 3.48. The Balaban J connectivity index is 1.70. The normalized spacial score (nSPS) is 15.3. The molecule has 0 unspecified atom stereocenters. The number of piperidine rings is 1. The summed E-state index contributed by atoms with van der Waals surface area (Å²) in [6.07, 6.45) is 2.38. The summed E-state index contributed by atoms with van der Waals surface area (Å²) in [7, 11) is 0. The predicted molar refractivity (Wildman–Crippen MR) is 101 cm³/mol. The van der Waals surface area contributed by atoms with E-state index in [9.17, 15) is 4.79 Å². The molecule has 1 aliphatic heterocycles. The second kappa shape index (κ2) is 7.14. The van der Waals surface area contributed by atoms with Crippen LogP contribution in [0.5, 0.6) is 0 Å². The first kappa shape index (κ1) is 16.7. The summed E-state index contributed by atoms with van der Waals surface area (Å²) in [5.41, 5.74) is 9.21. The van der Waals surface area contributed by atoms with E-state index in [2.05, 4.69) is 17.1 Å². The molecule has 0 aliphatic carbocycles. The Morgan fingerprint density at radius 1 is 1.17 bits per heavy atom. The number of hydrogen-bond donors (Lipinski definition) is 2. The lowest BCUT2D eigenvalue weighted by atomic mass is 9.98. The monoisotopic (exact) mass is 343 g/mol. The third-order valence-corrected chi connectivity index (χ3v) is 4.77. The first-order chi connectivity index (χ1) is 11.5. The highest BCUT2D eigenvalue weighted by atomic mass is 35.5. The van der Waals surface area contributed by atoms with Gasteiger partial charge in [0.05, 0.1) is 11.4 Å². The maximum Gasteiger partial charge on any atom is 0.255 e. The molecular formula is C19H22ClN3O. The Morgan fingerprint density at radius 3 is 2.46 bits per heavy atom. The number of carbonyl (C=O) groups is 1. The topological polar surface area (TPSA) is 58.4 Å². The van der Waals surface area contributed by atoms with Gasteiger partial charge in [-0.2, -0.15) is 0 Å². The summed E-state index contributed by atoms with van der Waals surface area (Å²) in [6, 6.07) is 12.5. The number of nitrogens with one attached hydrogen (secondary N) is 1. The van der Waals surface area contributed by atoms with Crippen molar-refractivity contribution in [3.8, 4) is 0 Å². The lowest BCUT2D eigenvalue weighted by molar-refractivity contribution is 0.102. The van der Waals surface area contributed by atoms with Gasteiger partial charge < -0.3 is 16.0 Å². The van der Waals surface area contributed by atoms with Crippen molar-refractivity contribution in [2.45, 2.75) is 19.8 Å². The van der Waals surface area contributed by atoms with Crippen molar-refractivity contribution in [3.05, 3.63) is 53.1 Å². The number of nitrogen functional groups attached to an aromatic ring is 1. The number of halogens is 1. The molecule has 0 saturated carbocycles. The van der Waals surface area contributed by atoms with Crippen molar-refractivity contribution in [1.29, 1.82) is 0 Å². The van der Waals surface area contributed by atoms with Gasteiger partial charge in [-0.1, -0.05) is 18.5 Å². The largest absolute Gasteiger partial charge is 0.397 e. The number of amides is 1. The average Bonchev–Trinajstić information content (AvgIpc) is 2.57. The number of nitrogens with zero attached hydrogens (tertiary/aromatic N) is 1. The van der Waals surface area contributed by atoms with Crippen LogP contribution in [0.15, 0.2) is 42.5 Å². The van der Waals surface area contributed by atoms with Crippen LogP contribution in [-0.2, 0) is 0 Å². The van der Waals surface area contributed by atoms with Gasteiger partial charge in [-0.05, 0) is 61.2 Å². The van der Waals surface area contributed by atoms with Crippen LogP contribution in [0.3, 0.4) is 0 Å². The zero-order valence-corrected chi connectivity index (χ0v) is 14.5. The first-order valence-corrected chi connectivity index (χ1v) is 8.62. The van der Waals surface area contributed by atoms with Crippen molar-refractivity contribution in [2.75, 3.05) is 29.0 Å². The smallest absolute Gasteiger partial charge is 0.255 e. The fraction of sp³-hybridized carbons (Fsp3) is 0.316. The second-order valence-corrected chi connectivity index (χ2v) is 6.84. The van der Waals surface area contributed by atoms with Gasteiger partial charge in [-0.15, -0.1) is 0 Å². The van der Waals surface area contributed by atoms with Crippen LogP contribution in [-0.4, -0.2) is 19.0 Å². The number of nitrogens with two attached hydrogens (primary N) is 1. The van der Waals surface area contributed by atoms with Gasteiger partial charge in [0.2, 0.25) is 0 Å². The summed E-state index contributed by atoms with van der Waals surface area (Å²) < 4.78 is 0. The van der Waals surface area contributed by atoms with Gasteiger partial charge in [0.1, 0.15) is 0 Å². The minimum absolute atomic E-state index is 0.175. The number of rotatable bonds is 3. The molecule has 0 aromatic heterocycles. The van der Waals surface area contributed by atoms with Crippen molar-refractivity contribution < 1.29 is 4.79 Å². The fourth-order valence-electron chi connectivity index (χ4n) is 2.97. The van der Waals surface area contributed by atoms with Gasteiger partial charge in [0, 0.05) is 29.4 Å². The molecule has 24 heavy (non-hydrogen) atoms. The van der Waals surface area contributed by atoms with E-state index in [0.717, 1.165) is 24.7 Å². The Bertz CT molecular complexity index is 722. The highest BCUT2D eigenvalue weighted by Gasteiger charge is 2.18. The SMILES string of the molecule is CC1CCN(c2ccc(NC(=O)c3ccc(Cl)cc3)cc2N)CC1. The molecule has 0 atom stereocenters. The average molecular weight is 344 g/mol. The van der Waals surface area contributed by atoms with Gasteiger partial charge in [-0.3, -0.25) is 4.79 Å². The summed E-state index contributed by atoms with van der Waals surface area (Å²) in [4.78, 5) is 14.6.